The van der Waals surface area contributed by atoms with Gasteiger partial charge in [0.2, 0.25) is 10.9 Å². The summed E-state index contributed by atoms with van der Waals surface area (Å²) in [6.07, 6.45) is 3.15. The number of aryl methyl sites for hydroxylation is 2. The molecule has 4 aromatic rings. The SMILES string of the molecule is CCCCCOc1ccc(C2C(C(=O)c3ccc(C)o3)=C(O)C(=O)N2c2nnc(SCc3ccc(C)cc3)s2)cc1. The molecule has 1 amide bonds. The zero-order valence-electron chi connectivity index (χ0n) is 23.1. The summed E-state index contributed by atoms with van der Waals surface area (Å²) in [5.74, 6) is 0.0768. The number of aliphatic hydroxyl groups excluding tert-OH is 1. The average Bonchev–Trinajstić information content (AvgIpc) is 3.69. The van der Waals surface area contributed by atoms with Crippen molar-refractivity contribution in [3.8, 4) is 5.75 Å². The number of carbonyl (C=O) groups is 2. The van der Waals surface area contributed by atoms with Gasteiger partial charge in [0.1, 0.15) is 11.5 Å². The van der Waals surface area contributed by atoms with Crippen LogP contribution in [0.4, 0.5) is 5.13 Å². The van der Waals surface area contributed by atoms with Crippen molar-refractivity contribution in [1.82, 2.24) is 10.2 Å². The van der Waals surface area contributed by atoms with Crippen LogP contribution in [0, 0.1) is 13.8 Å². The quantitative estimate of drug-likeness (QED) is 0.0789. The minimum absolute atomic E-state index is 0.0474. The Balaban J connectivity index is 1.44. The third kappa shape index (κ3) is 6.39. The number of furan rings is 1. The van der Waals surface area contributed by atoms with Crippen LogP contribution in [0.2, 0.25) is 0 Å². The predicted molar refractivity (Wildman–Crippen MR) is 160 cm³/mol. The van der Waals surface area contributed by atoms with Crippen molar-refractivity contribution in [2.75, 3.05) is 11.5 Å². The van der Waals surface area contributed by atoms with E-state index in [4.69, 9.17) is 9.15 Å². The number of benzene rings is 2. The van der Waals surface area contributed by atoms with Crippen LogP contribution in [0.15, 0.2) is 80.8 Å². The van der Waals surface area contributed by atoms with Gasteiger partial charge in [0, 0.05) is 5.75 Å². The van der Waals surface area contributed by atoms with Gasteiger partial charge >= 0.3 is 0 Å². The van der Waals surface area contributed by atoms with E-state index in [-0.39, 0.29) is 16.5 Å². The van der Waals surface area contributed by atoms with E-state index in [0.717, 1.165) is 24.8 Å². The average molecular weight is 590 g/mol. The number of Topliss-reactive ketones (excluding diaryl/α,β-unsaturated/α-hetero) is 1. The van der Waals surface area contributed by atoms with Crippen LogP contribution in [-0.4, -0.2) is 33.6 Å². The van der Waals surface area contributed by atoms with Gasteiger partial charge in [-0.1, -0.05) is 84.8 Å². The molecule has 2 aromatic carbocycles. The fraction of sp³-hybridized carbons (Fsp3) is 0.290. The van der Waals surface area contributed by atoms with Crippen LogP contribution in [0.3, 0.4) is 0 Å². The molecule has 212 valence electrons. The van der Waals surface area contributed by atoms with Crippen LogP contribution in [-0.2, 0) is 10.5 Å². The first kappa shape index (κ1) is 28.6. The predicted octanol–water partition coefficient (Wildman–Crippen LogP) is 7.39. The summed E-state index contributed by atoms with van der Waals surface area (Å²) in [6.45, 7) is 6.52. The lowest BCUT2D eigenvalue weighted by Gasteiger charge is -2.24. The number of unbranched alkanes of at least 4 members (excludes halogenated alkanes) is 2. The standard InChI is InChI=1S/C31H31N3O5S2/c1-4-5-6-17-38-23-14-12-22(13-15-23)26-25(27(35)24-16-9-20(3)39-24)28(36)29(37)34(26)30-32-33-31(41-30)40-18-21-10-7-19(2)8-11-21/h7-16,26,36H,4-6,17-18H2,1-3H3. The number of ether oxygens (including phenoxy) is 1. The molecular weight excluding hydrogens is 558 g/mol. The topological polar surface area (TPSA) is 106 Å². The summed E-state index contributed by atoms with van der Waals surface area (Å²) in [4.78, 5) is 28.4. The minimum Gasteiger partial charge on any atom is -0.503 e. The van der Waals surface area contributed by atoms with Crippen LogP contribution in [0.1, 0.15) is 65.2 Å². The number of thioether (sulfide) groups is 1. The van der Waals surface area contributed by atoms with Crippen molar-refractivity contribution >= 4 is 39.9 Å². The van der Waals surface area contributed by atoms with Crippen molar-refractivity contribution in [2.45, 2.75) is 56.2 Å². The van der Waals surface area contributed by atoms with Crippen molar-refractivity contribution in [3.05, 3.63) is 100 Å². The van der Waals surface area contributed by atoms with Crippen molar-refractivity contribution < 1.29 is 23.8 Å². The highest BCUT2D eigenvalue weighted by atomic mass is 32.2. The minimum atomic E-state index is -0.919. The molecule has 8 nitrogen and oxygen atoms in total. The van der Waals surface area contributed by atoms with Gasteiger partial charge in [-0.2, -0.15) is 0 Å². The van der Waals surface area contributed by atoms with Crippen LogP contribution in [0.5, 0.6) is 5.75 Å². The second-order valence-electron chi connectivity index (χ2n) is 9.83. The van der Waals surface area contributed by atoms with Crippen molar-refractivity contribution in [1.29, 1.82) is 0 Å². The van der Waals surface area contributed by atoms with Crippen molar-refractivity contribution in [2.24, 2.45) is 0 Å². The van der Waals surface area contributed by atoms with Gasteiger partial charge < -0.3 is 14.3 Å². The molecule has 0 bridgehead atoms. The normalized spacial score (nSPS) is 15.1. The fourth-order valence-electron chi connectivity index (χ4n) is 4.52. The van der Waals surface area contributed by atoms with Crippen LogP contribution in [0.25, 0.3) is 0 Å². The van der Waals surface area contributed by atoms with E-state index in [1.165, 1.54) is 33.6 Å². The summed E-state index contributed by atoms with van der Waals surface area (Å²) in [5.41, 5.74) is 2.89. The van der Waals surface area contributed by atoms with Crippen LogP contribution < -0.4 is 9.64 Å². The summed E-state index contributed by atoms with van der Waals surface area (Å²) in [6, 6.07) is 17.8. The molecular formula is C31H31N3O5S2. The molecule has 1 N–H and O–H groups in total. The van der Waals surface area contributed by atoms with Gasteiger partial charge in [-0.25, -0.2) is 0 Å². The molecule has 1 unspecified atom stereocenters. The lowest BCUT2D eigenvalue weighted by atomic mass is 9.95. The molecule has 0 spiro atoms. The number of rotatable bonds is 12. The number of carbonyl (C=O) groups excluding carboxylic acids is 2. The molecule has 3 heterocycles. The fourth-order valence-corrected chi connectivity index (χ4v) is 6.34. The smallest absolute Gasteiger partial charge is 0.296 e. The largest absolute Gasteiger partial charge is 0.503 e. The van der Waals surface area contributed by atoms with E-state index in [9.17, 15) is 14.7 Å². The van der Waals surface area contributed by atoms with E-state index in [1.54, 1.807) is 43.3 Å². The molecule has 0 fully saturated rings. The molecule has 1 aliphatic rings. The first-order valence-corrected chi connectivity index (χ1v) is 15.3. The second kappa shape index (κ2) is 12.7. The molecule has 41 heavy (non-hydrogen) atoms. The number of aromatic nitrogens is 2. The van der Waals surface area contributed by atoms with Gasteiger partial charge in [0.25, 0.3) is 5.91 Å². The number of hydrogen-bond donors (Lipinski definition) is 1. The monoisotopic (exact) mass is 589 g/mol. The summed E-state index contributed by atoms with van der Waals surface area (Å²) in [5, 5.41) is 19.9. The number of amides is 1. The zero-order chi connectivity index (χ0) is 28.9. The molecule has 0 radical (unpaired) electrons. The molecule has 0 aliphatic carbocycles. The first-order valence-electron chi connectivity index (χ1n) is 13.5. The Morgan fingerprint density at radius 2 is 1.80 bits per heavy atom. The molecule has 0 saturated carbocycles. The lowest BCUT2D eigenvalue weighted by Crippen LogP contribution is -2.31. The third-order valence-corrected chi connectivity index (χ3v) is 8.84. The second-order valence-corrected chi connectivity index (χ2v) is 12.0. The molecule has 1 atom stereocenters. The summed E-state index contributed by atoms with van der Waals surface area (Å²) >= 11 is 2.75. The highest BCUT2D eigenvalue weighted by molar-refractivity contribution is 8.00. The van der Waals surface area contributed by atoms with Crippen LogP contribution >= 0.6 is 23.1 Å². The lowest BCUT2D eigenvalue weighted by molar-refractivity contribution is -0.117. The Labute approximate surface area is 247 Å². The highest BCUT2D eigenvalue weighted by Crippen LogP contribution is 2.44. The van der Waals surface area contributed by atoms with E-state index in [0.29, 0.717) is 33.8 Å². The Morgan fingerprint density at radius 3 is 2.49 bits per heavy atom. The Hall–Kier alpha value is -3.89. The van der Waals surface area contributed by atoms with E-state index < -0.39 is 23.5 Å². The number of aliphatic hydroxyl groups is 1. The van der Waals surface area contributed by atoms with Gasteiger partial charge in [0.15, 0.2) is 15.9 Å². The van der Waals surface area contributed by atoms with E-state index >= 15 is 0 Å². The Kier molecular flexibility index (Phi) is 8.90. The molecule has 0 saturated heterocycles. The van der Waals surface area contributed by atoms with Gasteiger partial charge in [0.05, 0.1) is 18.2 Å². The van der Waals surface area contributed by atoms with Gasteiger partial charge in [-0.15, -0.1) is 10.2 Å². The maximum atomic E-state index is 13.6. The summed E-state index contributed by atoms with van der Waals surface area (Å²) in [7, 11) is 0. The maximum Gasteiger partial charge on any atom is 0.296 e. The first-order chi connectivity index (χ1) is 19.9. The number of ketones is 1. The number of nitrogens with zero attached hydrogens (tertiary/aromatic N) is 3. The Morgan fingerprint density at radius 1 is 1.05 bits per heavy atom. The number of anilines is 1. The van der Waals surface area contributed by atoms with Gasteiger partial charge in [-0.3, -0.25) is 14.5 Å². The van der Waals surface area contributed by atoms with Crippen molar-refractivity contribution in [3.63, 3.8) is 0 Å². The zero-order valence-corrected chi connectivity index (χ0v) is 24.8. The number of hydrogen-bond acceptors (Lipinski definition) is 9. The van der Waals surface area contributed by atoms with E-state index in [1.807, 2.05) is 6.92 Å². The molecule has 5 rings (SSSR count). The summed E-state index contributed by atoms with van der Waals surface area (Å²) < 4.78 is 12.1. The highest BCUT2D eigenvalue weighted by Gasteiger charge is 2.46. The Bertz CT molecular complexity index is 1560. The molecule has 2 aromatic heterocycles. The molecule has 1 aliphatic heterocycles. The molecule has 10 heteroatoms. The maximum absolute atomic E-state index is 13.6. The van der Waals surface area contributed by atoms with E-state index in [2.05, 4.69) is 41.4 Å². The van der Waals surface area contributed by atoms with Gasteiger partial charge in [-0.05, 0) is 55.7 Å². The third-order valence-electron chi connectivity index (χ3n) is 6.71.